The van der Waals surface area contributed by atoms with E-state index in [1.165, 1.54) is 116 Å². The Hall–Kier alpha value is -2.27. The fraction of sp³-hybridized carbons (Fsp3) is 0.907. The Balaban J connectivity index is 0. The van der Waals surface area contributed by atoms with E-state index in [9.17, 15) is 24.3 Å². The summed E-state index contributed by atoms with van der Waals surface area (Å²) in [7, 11) is 0. The van der Waals surface area contributed by atoms with Crippen LogP contribution in [0.3, 0.4) is 0 Å². The van der Waals surface area contributed by atoms with E-state index in [1.54, 1.807) is 0 Å². The standard InChI is InChI=1S/C19H35NO4.C18H35NO2.C6H13NO2.ClH/c1-2-3-13-16-20(18(21)22)19(23)24-17-14-11-9-7-5-4-6-8-10-12-15-17;1-2-3-13-16-19-18(20)21-17-14-11-9-7-5-4-6-8-10-12-15-17;7-5-3-1-2-4-6(8)9;/h17H,2-16H2,1H3,(H,21,22);17H,2-16H2,1H3,(H,19,20);1-5,7H2,(H,8,9);1H. The first-order valence-corrected chi connectivity index (χ1v) is 22.3. The molecule has 3 amide bonds. The van der Waals surface area contributed by atoms with Gasteiger partial charge in [-0.25, -0.2) is 19.3 Å². The molecule has 0 aromatic heterocycles. The summed E-state index contributed by atoms with van der Waals surface area (Å²) in [5, 5.41) is 20.3. The van der Waals surface area contributed by atoms with E-state index in [0.717, 1.165) is 88.5 Å². The lowest BCUT2D eigenvalue weighted by Crippen LogP contribution is -2.39. The summed E-state index contributed by atoms with van der Waals surface area (Å²) >= 11 is 0. The van der Waals surface area contributed by atoms with Gasteiger partial charge in [-0.15, -0.1) is 12.4 Å². The molecule has 12 heteroatoms. The predicted octanol–water partition coefficient (Wildman–Crippen LogP) is 12.6. The number of alkyl carbamates (subject to hydrolysis) is 1. The molecule has 2 rings (SSSR count). The highest BCUT2D eigenvalue weighted by Crippen LogP contribution is 2.21. The maximum atomic E-state index is 12.2. The molecule has 2 fully saturated rings. The number of hydrogen-bond acceptors (Lipinski definition) is 7. The van der Waals surface area contributed by atoms with Crippen LogP contribution in [0.15, 0.2) is 0 Å². The maximum Gasteiger partial charge on any atom is 0.419 e. The fourth-order valence-electron chi connectivity index (χ4n) is 6.83. The predicted molar refractivity (Wildman–Crippen MR) is 226 cm³/mol. The van der Waals surface area contributed by atoms with Crippen molar-refractivity contribution in [3.05, 3.63) is 0 Å². The highest BCUT2D eigenvalue weighted by atomic mass is 35.5. The number of carbonyl (C=O) groups is 4. The summed E-state index contributed by atoms with van der Waals surface area (Å²) in [5.74, 6) is -0.716. The minimum Gasteiger partial charge on any atom is -0.481 e. The van der Waals surface area contributed by atoms with Crippen molar-refractivity contribution in [2.24, 2.45) is 5.73 Å². The van der Waals surface area contributed by atoms with Crippen LogP contribution in [0.2, 0.25) is 0 Å². The second-order valence-corrected chi connectivity index (χ2v) is 15.3. The van der Waals surface area contributed by atoms with Crippen LogP contribution in [0.1, 0.15) is 219 Å². The van der Waals surface area contributed by atoms with Gasteiger partial charge in [-0.1, -0.05) is 136 Å². The van der Waals surface area contributed by atoms with E-state index in [-0.39, 0.29) is 43.7 Å². The molecular formula is C43H84ClN3O8. The summed E-state index contributed by atoms with van der Waals surface area (Å²) in [5.41, 5.74) is 5.20. The van der Waals surface area contributed by atoms with Gasteiger partial charge < -0.3 is 30.7 Å². The number of carbonyl (C=O) groups excluding carboxylic acids is 2. The molecule has 0 unspecified atom stereocenters. The SMILES string of the molecule is CCCCCN(C(=O)O)C(=O)OC1CCCCCCCCCCC1.CCCCCNC(=O)OC1CCCCCCCCCCC1.Cl.NCCCCCC(=O)O. The molecule has 326 valence electrons. The third-order valence-corrected chi connectivity index (χ3v) is 10.2. The molecule has 0 spiro atoms. The third kappa shape index (κ3) is 37.1. The minimum atomic E-state index is -1.20. The number of carboxylic acid groups (broad SMARTS) is 2. The molecule has 0 aliphatic heterocycles. The second-order valence-electron chi connectivity index (χ2n) is 15.3. The number of nitrogens with zero attached hydrogens (tertiary/aromatic N) is 1. The van der Waals surface area contributed by atoms with Crippen molar-refractivity contribution in [2.45, 2.75) is 232 Å². The van der Waals surface area contributed by atoms with Crippen LogP contribution in [-0.4, -0.2) is 71.2 Å². The van der Waals surface area contributed by atoms with Crippen molar-refractivity contribution in [3.63, 3.8) is 0 Å². The normalized spacial score (nSPS) is 16.9. The fourth-order valence-corrected chi connectivity index (χ4v) is 6.83. The second kappa shape index (κ2) is 41.4. The van der Waals surface area contributed by atoms with E-state index < -0.39 is 18.2 Å². The van der Waals surface area contributed by atoms with Crippen LogP contribution >= 0.6 is 12.4 Å². The van der Waals surface area contributed by atoms with Gasteiger partial charge in [-0.2, -0.15) is 0 Å². The summed E-state index contributed by atoms with van der Waals surface area (Å²) in [6.45, 7) is 5.87. The van der Waals surface area contributed by atoms with Crippen LogP contribution in [0.5, 0.6) is 0 Å². The lowest BCUT2D eigenvalue weighted by atomic mass is 9.99. The monoisotopic (exact) mass is 806 g/mol. The summed E-state index contributed by atoms with van der Waals surface area (Å²) in [6, 6.07) is 0. The lowest BCUT2D eigenvalue weighted by Gasteiger charge is -2.23. The number of hydrogen-bond donors (Lipinski definition) is 4. The Morgan fingerprint density at radius 3 is 1.40 bits per heavy atom. The first-order chi connectivity index (χ1) is 26.2. The molecule has 2 aliphatic rings. The smallest absolute Gasteiger partial charge is 0.419 e. The third-order valence-electron chi connectivity index (χ3n) is 10.2. The van der Waals surface area contributed by atoms with Crippen LogP contribution in [-0.2, 0) is 14.3 Å². The van der Waals surface area contributed by atoms with E-state index in [2.05, 4.69) is 12.2 Å². The van der Waals surface area contributed by atoms with Crippen LogP contribution < -0.4 is 11.1 Å². The number of ether oxygens (including phenoxy) is 2. The molecule has 0 radical (unpaired) electrons. The maximum absolute atomic E-state index is 12.2. The Morgan fingerprint density at radius 1 is 0.582 bits per heavy atom. The summed E-state index contributed by atoms with van der Waals surface area (Å²) < 4.78 is 11.2. The number of nitrogens with two attached hydrogens (primary N) is 1. The number of carboxylic acids is 1. The van der Waals surface area contributed by atoms with Crippen LogP contribution in [0.25, 0.3) is 0 Å². The number of unbranched alkanes of at least 4 members (excludes halogenated alkanes) is 6. The molecule has 5 N–H and O–H groups in total. The van der Waals surface area contributed by atoms with Crippen LogP contribution in [0, 0.1) is 0 Å². The van der Waals surface area contributed by atoms with Gasteiger partial charge in [-0.3, -0.25) is 4.79 Å². The average Bonchev–Trinajstić information content (AvgIpc) is 3.13. The molecule has 0 aromatic rings. The van der Waals surface area contributed by atoms with E-state index in [1.807, 2.05) is 6.92 Å². The molecule has 11 nitrogen and oxygen atoms in total. The molecule has 0 aromatic carbocycles. The summed E-state index contributed by atoms with van der Waals surface area (Å²) in [4.78, 5) is 46.1. The van der Waals surface area contributed by atoms with Gasteiger partial charge in [0.05, 0.1) is 0 Å². The first kappa shape index (κ1) is 54.8. The number of imide groups is 1. The van der Waals surface area contributed by atoms with Crippen molar-refractivity contribution in [2.75, 3.05) is 19.6 Å². The van der Waals surface area contributed by atoms with Crippen LogP contribution in [0.4, 0.5) is 14.4 Å². The Kier molecular flexibility index (Phi) is 41.2. The molecule has 0 atom stereocenters. The molecule has 2 aliphatic carbocycles. The van der Waals surface area contributed by atoms with Gasteiger partial charge >= 0.3 is 24.2 Å². The molecule has 2 saturated carbocycles. The van der Waals surface area contributed by atoms with Gasteiger partial charge in [0.2, 0.25) is 0 Å². The number of amides is 3. The number of rotatable bonds is 15. The number of halogens is 1. The van der Waals surface area contributed by atoms with Crippen molar-refractivity contribution < 1.29 is 38.9 Å². The number of aliphatic carboxylic acids is 1. The Bertz CT molecular complexity index is 889. The zero-order chi connectivity index (χ0) is 39.9. The molecule has 55 heavy (non-hydrogen) atoms. The van der Waals surface area contributed by atoms with Crippen molar-refractivity contribution in [1.29, 1.82) is 0 Å². The van der Waals surface area contributed by atoms with Gasteiger partial charge in [0.15, 0.2) is 0 Å². The first-order valence-electron chi connectivity index (χ1n) is 22.3. The molecule has 0 heterocycles. The van der Waals surface area contributed by atoms with Crippen molar-refractivity contribution in [3.8, 4) is 0 Å². The molecule has 0 saturated heterocycles. The highest BCUT2D eigenvalue weighted by Gasteiger charge is 2.25. The largest absolute Gasteiger partial charge is 0.481 e. The van der Waals surface area contributed by atoms with Gasteiger partial charge in [-0.05, 0) is 83.6 Å². The van der Waals surface area contributed by atoms with E-state index in [4.69, 9.17) is 20.3 Å². The zero-order valence-electron chi connectivity index (χ0n) is 35.2. The van der Waals surface area contributed by atoms with Crippen molar-refractivity contribution >= 4 is 36.7 Å². The van der Waals surface area contributed by atoms with E-state index in [0.29, 0.717) is 13.0 Å². The quantitative estimate of drug-likeness (QED) is 0.118. The Labute approximate surface area is 341 Å². The van der Waals surface area contributed by atoms with Crippen molar-refractivity contribution in [1.82, 2.24) is 10.2 Å². The average molecular weight is 807 g/mol. The van der Waals surface area contributed by atoms with Gasteiger partial charge in [0, 0.05) is 19.5 Å². The zero-order valence-corrected chi connectivity index (χ0v) is 36.0. The Morgan fingerprint density at radius 2 is 1.00 bits per heavy atom. The molecular weight excluding hydrogens is 722 g/mol. The summed E-state index contributed by atoms with van der Waals surface area (Å²) in [6.07, 6.45) is 33.3. The highest BCUT2D eigenvalue weighted by molar-refractivity contribution is 5.86. The lowest BCUT2D eigenvalue weighted by molar-refractivity contribution is -0.137. The van der Waals surface area contributed by atoms with Gasteiger partial charge in [0.1, 0.15) is 12.2 Å². The molecule has 0 bridgehead atoms. The topological polar surface area (TPSA) is 168 Å². The number of nitrogens with one attached hydrogen (secondary N) is 1. The minimum absolute atomic E-state index is 0. The van der Waals surface area contributed by atoms with E-state index >= 15 is 0 Å². The van der Waals surface area contributed by atoms with Gasteiger partial charge in [0.25, 0.3) is 0 Å².